The molecule has 3 nitrogen and oxygen atoms in total. The van der Waals surface area contributed by atoms with Crippen LogP contribution in [0.15, 0.2) is 48.5 Å². The molecular weight excluding hydrogens is 318 g/mol. The molecule has 0 atom stereocenters. The minimum Gasteiger partial charge on any atom is -0.324 e. The van der Waals surface area contributed by atoms with Crippen molar-refractivity contribution < 1.29 is 0 Å². The van der Waals surface area contributed by atoms with Crippen LogP contribution < -0.4 is 0 Å². The van der Waals surface area contributed by atoms with Gasteiger partial charge in [0.1, 0.15) is 5.82 Å². The van der Waals surface area contributed by atoms with Gasteiger partial charge in [-0.05, 0) is 49.7 Å². The maximum absolute atomic E-state index is 4.94. The quantitative estimate of drug-likeness (QED) is 0.531. The lowest BCUT2D eigenvalue weighted by Crippen LogP contribution is -2.24. The summed E-state index contributed by atoms with van der Waals surface area (Å²) in [6.07, 6.45) is 1.14. The lowest BCUT2D eigenvalue weighted by atomic mass is 10.0. The molecule has 3 heteroatoms. The monoisotopic (exact) mass is 349 g/mol. The highest BCUT2D eigenvalue weighted by Gasteiger charge is 2.13. The van der Waals surface area contributed by atoms with Gasteiger partial charge in [0.2, 0.25) is 0 Å². The Morgan fingerprint density at radius 2 is 1.65 bits per heavy atom. The Bertz CT molecular complexity index is 826. The van der Waals surface area contributed by atoms with Gasteiger partial charge in [0.25, 0.3) is 0 Å². The highest BCUT2D eigenvalue weighted by molar-refractivity contribution is 5.80. The third-order valence-corrected chi connectivity index (χ3v) is 5.24. The predicted molar refractivity (Wildman–Crippen MR) is 112 cm³/mol. The van der Waals surface area contributed by atoms with E-state index < -0.39 is 0 Å². The lowest BCUT2D eigenvalue weighted by Gasteiger charge is -2.18. The number of rotatable bonds is 8. The van der Waals surface area contributed by atoms with Gasteiger partial charge < -0.3 is 9.47 Å². The van der Waals surface area contributed by atoms with Gasteiger partial charge >= 0.3 is 0 Å². The van der Waals surface area contributed by atoms with Gasteiger partial charge in [-0.3, -0.25) is 0 Å². The van der Waals surface area contributed by atoms with Crippen LogP contribution in [0.3, 0.4) is 0 Å². The standard InChI is InChI=1S/C23H31N3/c1-5-25(6-2)16-9-17-26-22-11-8-7-10-21(22)24-23(26)20-14-12-19(13-15-20)18(3)4/h7-8,10-15,18H,5-6,9,16-17H2,1-4H3. The van der Waals surface area contributed by atoms with E-state index in [0.717, 1.165) is 43.9 Å². The average Bonchev–Trinajstić information content (AvgIpc) is 3.04. The Morgan fingerprint density at radius 1 is 0.962 bits per heavy atom. The van der Waals surface area contributed by atoms with Crippen molar-refractivity contribution in [2.45, 2.75) is 46.6 Å². The first-order valence-corrected chi connectivity index (χ1v) is 9.92. The van der Waals surface area contributed by atoms with E-state index in [4.69, 9.17) is 4.98 Å². The normalized spacial score (nSPS) is 11.8. The summed E-state index contributed by atoms with van der Waals surface area (Å²) in [5.74, 6) is 1.64. The number of nitrogens with zero attached hydrogens (tertiary/aromatic N) is 3. The van der Waals surface area contributed by atoms with Crippen molar-refractivity contribution in [2.24, 2.45) is 0 Å². The van der Waals surface area contributed by atoms with Crippen LogP contribution in [-0.2, 0) is 6.54 Å². The van der Waals surface area contributed by atoms with Crippen LogP contribution in [-0.4, -0.2) is 34.1 Å². The summed E-state index contributed by atoms with van der Waals surface area (Å²) in [4.78, 5) is 7.43. The molecule has 0 amide bonds. The van der Waals surface area contributed by atoms with Gasteiger partial charge in [-0.15, -0.1) is 0 Å². The predicted octanol–water partition coefficient (Wildman–Crippen LogP) is 5.56. The molecule has 138 valence electrons. The second-order valence-corrected chi connectivity index (χ2v) is 7.23. The first-order valence-electron chi connectivity index (χ1n) is 9.92. The number of aryl methyl sites for hydroxylation is 1. The number of imidazole rings is 1. The number of benzene rings is 2. The van der Waals surface area contributed by atoms with Gasteiger partial charge in [-0.1, -0.05) is 64.1 Å². The molecule has 0 saturated heterocycles. The molecule has 1 aromatic heterocycles. The summed E-state index contributed by atoms with van der Waals surface area (Å²) >= 11 is 0. The molecule has 0 aliphatic carbocycles. The van der Waals surface area contributed by atoms with Crippen LogP contribution in [0.25, 0.3) is 22.4 Å². The van der Waals surface area contributed by atoms with Crippen molar-refractivity contribution in [1.82, 2.24) is 14.5 Å². The van der Waals surface area contributed by atoms with E-state index in [2.05, 4.69) is 85.7 Å². The minimum absolute atomic E-state index is 0.553. The van der Waals surface area contributed by atoms with Gasteiger partial charge in [0.15, 0.2) is 0 Å². The average molecular weight is 350 g/mol. The fourth-order valence-electron chi connectivity index (χ4n) is 3.53. The number of aromatic nitrogens is 2. The molecule has 26 heavy (non-hydrogen) atoms. The zero-order valence-electron chi connectivity index (χ0n) is 16.6. The van der Waals surface area contributed by atoms with Crippen molar-refractivity contribution >= 4 is 11.0 Å². The molecule has 1 heterocycles. The summed E-state index contributed by atoms with van der Waals surface area (Å²) in [7, 11) is 0. The summed E-state index contributed by atoms with van der Waals surface area (Å²) in [5, 5.41) is 0. The molecule has 0 N–H and O–H groups in total. The molecule has 0 aliphatic rings. The first kappa shape index (κ1) is 18.7. The molecule has 0 fully saturated rings. The summed E-state index contributed by atoms with van der Waals surface area (Å²) in [5.41, 5.74) is 4.89. The second-order valence-electron chi connectivity index (χ2n) is 7.23. The van der Waals surface area contributed by atoms with Gasteiger partial charge in [0, 0.05) is 12.1 Å². The Hall–Kier alpha value is -2.13. The maximum Gasteiger partial charge on any atom is 0.141 e. The van der Waals surface area contributed by atoms with Crippen molar-refractivity contribution in [3.05, 3.63) is 54.1 Å². The second kappa shape index (κ2) is 8.50. The number of para-hydroxylation sites is 2. The Balaban J connectivity index is 1.91. The number of fused-ring (bicyclic) bond motifs is 1. The number of hydrogen-bond acceptors (Lipinski definition) is 2. The van der Waals surface area contributed by atoms with Crippen LogP contribution in [0.4, 0.5) is 0 Å². The molecule has 0 spiro atoms. The summed E-state index contributed by atoms with van der Waals surface area (Å²) in [6.45, 7) is 13.3. The topological polar surface area (TPSA) is 21.1 Å². The minimum atomic E-state index is 0.553. The van der Waals surface area contributed by atoms with E-state index in [-0.39, 0.29) is 0 Å². The number of hydrogen-bond donors (Lipinski definition) is 0. The Labute approximate surface area is 157 Å². The van der Waals surface area contributed by atoms with Crippen LogP contribution in [0.5, 0.6) is 0 Å². The van der Waals surface area contributed by atoms with Gasteiger partial charge in [0.05, 0.1) is 11.0 Å². The van der Waals surface area contributed by atoms with E-state index in [1.165, 1.54) is 16.6 Å². The van der Waals surface area contributed by atoms with Crippen LogP contribution >= 0.6 is 0 Å². The molecule has 0 unspecified atom stereocenters. The first-order chi connectivity index (χ1) is 12.6. The summed E-state index contributed by atoms with van der Waals surface area (Å²) < 4.78 is 2.39. The molecule has 0 saturated carbocycles. The van der Waals surface area contributed by atoms with E-state index in [9.17, 15) is 0 Å². The molecular formula is C23H31N3. The lowest BCUT2D eigenvalue weighted by molar-refractivity contribution is 0.294. The van der Waals surface area contributed by atoms with Crippen LogP contribution in [0, 0.1) is 0 Å². The fourth-order valence-corrected chi connectivity index (χ4v) is 3.53. The fraction of sp³-hybridized carbons (Fsp3) is 0.435. The zero-order valence-corrected chi connectivity index (χ0v) is 16.6. The van der Waals surface area contributed by atoms with Crippen molar-refractivity contribution in [3.63, 3.8) is 0 Å². The van der Waals surface area contributed by atoms with E-state index in [1.807, 2.05) is 0 Å². The molecule has 0 aliphatic heterocycles. The third-order valence-electron chi connectivity index (χ3n) is 5.24. The molecule has 3 aromatic rings. The van der Waals surface area contributed by atoms with E-state index in [0.29, 0.717) is 5.92 Å². The summed E-state index contributed by atoms with van der Waals surface area (Å²) in [6, 6.07) is 17.4. The zero-order chi connectivity index (χ0) is 18.5. The van der Waals surface area contributed by atoms with Crippen molar-refractivity contribution in [2.75, 3.05) is 19.6 Å². The largest absolute Gasteiger partial charge is 0.324 e. The third kappa shape index (κ3) is 3.99. The molecule has 0 bridgehead atoms. The van der Waals surface area contributed by atoms with Crippen LogP contribution in [0.2, 0.25) is 0 Å². The smallest absolute Gasteiger partial charge is 0.141 e. The van der Waals surface area contributed by atoms with E-state index in [1.54, 1.807) is 0 Å². The maximum atomic E-state index is 4.94. The van der Waals surface area contributed by atoms with Crippen LogP contribution in [0.1, 0.15) is 45.6 Å². The van der Waals surface area contributed by atoms with Gasteiger partial charge in [-0.25, -0.2) is 4.98 Å². The Morgan fingerprint density at radius 3 is 2.31 bits per heavy atom. The molecule has 0 radical (unpaired) electrons. The molecule has 2 aromatic carbocycles. The molecule has 3 rings (SSSR count). The SMILES string of the molecule is CCN(CC)CCCn1c(-c2ccc(C(C)C)cc2)nc2ccccc21. The van der Waals surface area contributed by atoms with Crippen molar-refractivity contribution in [1.29, 1.82) is 0 Å². The van der Waals surface area contributed by atoms with E-state index >= 15 is 0 Å². The highest BCUT2D eigenvalue weighted by atomic mass is 15.1. The van der Waals surface area contributed by atoms with Crippen molar-refractivity contribution in [3.8, 4) is 11.4 Å². The highest BCUT2D eigenvalue weighted by Crippen LogP contribution is 2.26. The Kier molecular flexibility index (Phi) is 6.10. The van der Waals surface area contributed by atoms with Gasteiger partial charge in [-0.2, -0.15) is 0 Å².